The van der Waals surface area contributed by atoms with Crippen LogP contribution in [-0.4, -0.2) is 35.3 Å². The summed E-state index contributed by atoms with van der Waals surface area (Å²) < 4.78 is 7.91. The van der Waals surface area contributed by atoms with Gasteiger partial charge in [-0.2, -0.15) is 5.10 Å². The molecule has 3 heterocycles. The number of primary amides is 1. The number of benzene rings is 2. The van der Waals surface area contributed by atoms with Crippen LogP contribution in [0.4, 0.5) is 5.82 Å². The first-order valence-corrected chi connectivity index (χ1v) is 10.9. The third kappa shape index (κ3) is 3.88. The molecule has 31 heavy (non-hydrogen) atoms. The fourth-order valence-electron chi connectivity index (χ4n) is 4.71. The Morgan fingerprint density at radius 3 is 2.39 bits per heavy atom. The summed E-state index contributed by atoms with van der Waals surface area (Å²) in [5.41, 5.74) is 7.75. The van der Waals surface area contributed by atoms with Crippen molar-refractivity contribution in [2.45, 2.75) is 25.3 Å². The molecular formula is C24H27N5O2. The highest BCUT2D eigenvalue weighted by Crippen LogP contribution is 2.39. The number of anilines is 1. The predicted molar refractivity (Wildman–Crippen MR) is 120 cm³/mol. The number of nitrogens with one attached hydrogen (secondary N) is 2. The zero-order valence-electron chi connectivity index (χ0n) is 17.4. The van der Waals surface area contributed by atoms with Gasteiger partial charge >= 0.3 is 0 Å². The van der Waals surface area contributed by atoms with Crippen molar-refractivity contribution in [2.24, 2.45) is 11.7 Å². The minimum atomic E-state index is -0.459. The Morgan fingerprint density at radius 2 is 1.68 bits per heavy atom. The van der Waals surface area contributed by atoms with Gasteiger partial charge in [0.15, 0.2) is 0 Å². The lowest BCUT2D eigenvalue weighted by Crippen LogP contribution is -2.36. The van der Waals surface area contributed by atoms with Crippen molar-refractivity contribution < 1.29 is 9.53 Å². The zero-order valence-corrected chi connectivity index (χ0v) is 17.4. The monoisotopic (exact) mass is 417 g/mol. The molecule has 1 atom stereocenters. The van der Waals surface area contributed by atoms with E-state index in [0.717, 1.165) is 61.8 Å². The number of hydrogen-bond donors (Lipinski definition) is 3. The van der Waals surface area contributed by atoms with E-state index in [1.807, 2.05) is 59.3 Å². The van der Waals surface area contributed by atoms with E-state index in [9.17, 15) is 4.79 Å². The molecule has 1 saturated heterocycles. The van der Waals surface area contributed by atoms with Gasteiger partial charge in [0.25, 0.3) is 5.91 Å². The van der Waals surface area contributed by atoms with Crippen LogP contribution in [0.5, 0.6) is 11.5 Å². The lowest BCUT2D eigenvalue weighted by Gasteiger charge is -2.34. The molecule has 0 unspecified atom stereocenters. The Hall–Kier alpha value is -3.32. The SMILES string of the molecule is NC(=O)c1c(-c2ccc(Oc3ccccc3)cc2)nn2c1NCC[C@H]2C1CCNCC1. The van der Waals surface area contributed by atoms with Gasteiger partial charge in [-0.3, -0.25) is 4.79 Å². The standard InChI is InChI=1S/C24H27N5O2/c25-23(30)21-22(17-6-8-19(9-7-17)31-18-4-2-1-3-5-18)28-29-20(12-15-27-24(21)29)16-10-13-26-14-11-16/h1-9,16,20,26-27H,10-15H2,(H2,25,30)/t20-/m0/s1. The first kappa shape index (κ1) is 19.6. The van der Waals surface area contributed by atoms with Gasteiger partial charge in [0, 0.05) is 12.1 Å². The van der Waals surface area contributed by atoms with Crippen LogP contribution < -0.4 is 21.1 Å². The molecule has 4 N–H and O–H groups in total. The highest BCUT2D eigenvalue weighted by Gasteiger charge is 2.34. The van der Waals surface area contributed by atoms with Gasteiger partial charge in [0.1, 0.15) is 28.6 Å². The smallest absolute Gasteiger partial charge is 0.254 e. The average Bonchev–Trinajstić information content (AvgIpc) is 3.21. The van der Waals surface area contributed by atoms with E-state index in [2.05, 4.69) is 10.6 Å². The second-order valence-corrected chi connectivity index (χ2v) is 8.19. The van der Waals surface area contributed by atoms with Crippen LogP contribution in [0.2, 0.25) is 0 Å². The molecule has 1 amide bonds. The molecule has 1 aromatic heterocycles. The molecule has 2 aliphatic heterocycles. The van der Waals surface area contributed by atoms with Gasteiger partial charge in [-0.15, -0.1) is 0 Å². The van der Waals surface area contributed by atoms with Crippen LogP contribution in [0.3, 0.4) is 0 Å². The highest BCUT2D eigenvalue weighted by atomic mass is 16.5. The Morgan fingerprint density at radius 1 is 0.968 bits per heavy atom. The van der Waals surface area contributed by atoms with E-state index in [1.54, 1.807) is 0 Å². The predicted octanol–water partition coefficient (Wildman–Crippen LogP) is 3.80. The number of nitrogens with zero attached hydrogens (tertiary/aromatic N) is 2. The van der Waals surface area contributed by atoms with Crippen LogP contribution in [0.1, 0.15) is 35.7 Å². The molecule has 0 bridgehead atoms. The number of rotatable bonds is 5. The summed E-state index contributed by atoms with van der Waals surface area (Å²) in [6.07, 6.45) is 3.24. The van der Waals surface area contributed by atoms with Crippen LogP contribution in [0.15, 0.2) is 54.6 Å². The van der Waals surface area contributed by atoms with Gasteiger partial charge in [-0.05, 0) is 74.7 Å². The van der Waals surface area contributed by atoms with Gasteiger partial charge in [-0.25, -0.2) is 4.68 Å². The van der Waals surface area contributed by atoms with Gasteiger partial charge in [-0.1, -0.05) is 18.2 Å². The third-order valence-corrected chi connectivity index (χ3v) is 6.24. The van der Waals surface area contributed by atoms with Crippen LogP contribution in [-0.2, 0) is 0 Å². The lowest BCUT2D eigenvalue weighted by molar-refractivity contribution is 0.100. The summed E-state index contributed by atoms with van der Waals surface area (Å²) in [6, 6.07) is 17.6. The molecule has 2 aliphatic rings. The topological polar surface area (TPSA) is 94.2 Å². The number of nitrogens with two attached hydrogens (primary N) is 1. The Labute approximate surface area is 181 Å². The molecule has 5 rings (SSSR count). The van der Waals surface area contributed by atoms with E-state index in [1.165, 1.54) is 0 Å². The zero-order chi connectivity index (χ0) is 21.2. The Kier molecular flexibility index (Phi) is 5.34. The van der Waals surface area contributed by atoms with Crippen molar-refractivity contribution in [3.63, 3.8) is 0 Å². The number of carbonyl (C=O) groups is 1. The number of hydrogen-bond acceptors (Lipinski definition) is 5. The average molecular weight is 418 g/mol. The number of carbonyl (C=O) groups excluding carboxylic acids is 1. The Balaban J connectivity index is 1.47. The second-order valence-electron chi connectivity index (χ2n) is 8.19. The number of piperidine rings is 1. The summed E-state index contributed by atoms with van der Waals surface area (Å²) in [7, 11) is 0. The molecule has 160 valence electrons. The van der Waals surface area contributed by atoms with Crippen LogP contribution >= 0.6 is 0 Å². The number of para-hydroxylation sites is 1. The van der Waals surface area contributed by atoms with Crippen molar-refractivity contribution in [2.75, 3.05) is 25.0 Å². The van der Waals surface area contributed by atoms with Crippen molar-refractivity contribution in [3.8, 4) is 22.8 Å². The minimum absolute atomic E-state index is 0.283. The minimum Gasteiger partial charge on any atom is -0.457 e. The number of fused-ring (bicyclic) bond motifs is 1. The number of amides is 1. The molecule has 2 aromatic carbocycles. The van der Waals surface area contributed by atoms with E-state index in [-0.39, 0.29) is 6.04 Å². The molecule has 1 fully saturated rings. The van der Waals surface area contributed by atoms with Gasteiger partial charge in [0.05, 0.1) is 6.04 Å². The molecule has 0 aliphatic carbocycles. The van der Waals surface area contributed by atoms with E-state index in [0.29, 0.717) is 17.2 Å². The van der Waals surface area contributed by atoms with Crippen LogP contribution in [0.25, 0.3) is 11.3 Å². The molecule has 0 spiro atoms. The largest absolute Gasteiger partial charge is 0.457 e. The van der Waals surface area contributed by atoms with Crippen molar-refractivity contribution >= 4 is 11.7 Å². The van der Waals surface area contributed by atoms with Crippen molar-refractivity contribution in [1.82, 2.24) is 15.1 Å². The highest BCUT2D eigenvalue weighted by molar-refractivity contribution is 6.03. The lowest BCUT2D eigenvalue weighted by atomic mass is 9.87. The molecule has 7 heteroatoms. The van der Waals surface area contributed by atoms with E-state index in [4.69, 9.17) is 15.6 Å². The normalized spacial score (nSPS) is 18.8. The third-order valence-electron chi connectivity index (χ3n) is 6.24. The first-order valence-electron chi connectivity index (χ1n) is 10.9. The van der Waals surface area contributed by atoms with Gasteiger partial charge < -0.3 is 21.1 Å². The second kappa shape index (κ2) is 8.43. The van der Waals surface area contributed by atoms with E-state index < -0.39 is 5.91 Å². The number of aromatic nitrogens is 2. The van der Waals surface area contributed by atoms with E-state index >= 15 is 0 Å². The fraction of sp³-hybridized carbons (Fsp3) is 0.333. The first-order chi connectivity index (χ1) is 15.2. The van der Waals surface area contributed by atoms with Crippen LogP contribution in [0, 0.1) is 5.92 Å². The Bertz CT molecular complexity index is 1060. The summed E-state index contributed by atoms with van der Waals surface area (Å²) in [5, 5.41) is 11.7. The maximum absolute atomic E-state index is 12.4. The summed E-state index contributed by atoms with van der Waals surface area (Å²) in [6.45, 7) is 2.89. The molecule has 7 nitrogen and oxygen atoms in total. The van der Waals surface area contributed by atoms with Crippen molar-refractivity contribution in [1.29, 1.82) is 0 Å². The molecule has 0 radical (unpaired) electrons. The maximum Gasteiger partial charge on any atom is 0.254 e. The maximum atomic E-state index is 12.4. The molecule has 0 saturated carbocycles. The molecule has 3 aromatic rings. The summed E-state index contributed by atoms with van der Waals surface area (Å²) in [4.78, 5) is 12.4. The summed E-state index contributed by atoms with van der Waals surface area (Å²) >= 11 is 0. The van der Waals surface area contributed by atoms with Crippen molar-refractivity contribution in [3.05, 3.63) is 60.2 Å². The quantitative estimate of drug-likeness (QED) is 0.587. The molecular weight excluding hydrogens is 390 g/mol. The summed E-state index contributed by atoms with van der Waals surface area (Å²) in [5.74, 6) is 2.35. The fourth-order valence-corrected chi connectivity index (χ4v) is 4.71. The number of ether oxygens (including phenoxy) is 1. The van der Waals surface area contributed by atoms with Gasteiger partial charge in [0.2, 0.25) is 0 Å².